The zero-order chi connectivity index (χ0) is 26.1. The highest BCUT2D eigenvalue weighted by Crippen LogP contribution is 2.35. The van der Waals surface area contributed by atoms with Crippen LogP contribution in [-0.2, 0) is 6.54 Å². The first-order valence-corrected chi connectivity index (χ1v) is 12.0. The first-order valence-electron chi connectivity index (χ1n) is 12.0. The van der Waals surface area contributed by atoms with Crippen molar-refractivity contribution in [3.05, 3.63) is 88.1 Å². The Morgan fingerprint density at radius 1 is 0.892 bits per heavy atom. The molecule has 3 N–H and O–H groups in total. The average Bonchev–Trinajstić information content (AvgIpc) is 2.86. The van der Waals surface area contributed by atoms with Gasteiger partial charge < -0.3 is 25.4 Å². The molecule has 2 bridgehead atoms. The van der Waals surface area contributed by atoms with Gasteiger partial charge in [0.15, 0.2) is 5.78 Å². The Kier molecular flexibility index (Phi) is 6.47. The van der Waals surface area contributed by atoms with Crippen LogP contribution >= 0.6 is 0 Å². The van der Waals surface area contributed by atoms with Gasteiger partial charge in [0.1, 0.15) is 11.5 Å². The van der Waals surface area contributed by atoms with Gasteiger partial charge in [0, 0.05) is 48.2 Å². The second-order valence-electron chi connectivity index (χ2n) is 9.44. The van der Waals surface area contributed by atoms with E-state index >= 15 is 0 Å². The third-order valence-corrected chi connectivity index (χ3v) is 6.76. The Bertz CT molecular complexity index is 1440. The Hall–Kier alpha value is -4.47. The molecule has 2 aliphatic heterocycles. The lowest BCUT2D eigenvalue weighted by atomic mass is 9.83. The molecule has 1 fully saturated rings. The van der Waals surface area contributed by atoms with E-state index in [0.29, 0.717) is 30.9 Å². The van der Waals surface area contributed by atoms with Crippen molar-refractivity contribution in [1.29, 1.82) is 0 Å². The molecule has 3 aromatic rings. The minimum absolute atomic E-state index is 0.0128. The minimum Gasteiger partial charge on any atom is -0.324 e. The van der Waals surface area contributed by atoms with Crippen LogP contribution in [0.4, 0.5) is 31.0 Å². The number of hydrogen-bond acceptors (Lipinski definition) is 4. The molecule has 1 saturated heterocycles. The molecule has 0 unspecified atom stereocenters. The summed E-state index contributed by atoms with van der Waals surface area (Å²) in [6.07, 6.45) is 0.864. The number of urea groups is 2. The summed E-state index contributed by atoms with van der Waals surface area (Å²) in [4.78, 5) is 51.7. The van der Waals surface area contributed by atoms with E-state index in [1.807, 2.05) is 6.07 Å². The van der Waals surface area contributed by atoms with Gasteiger partial charge in [0.05, 0.1) is 0 Å². The molecule has 3 heterocycles. The fourth-order valence-corrected chi connectivity index (χ4v) is 5.05. The largest absolute Gasteiger partial charge is 0.324 e. The number of likely N-dealkylation sites (tertiary alicyclic amines) is 1. The van der Waals surface area contributed by atoms with Crippen molar-refractivity contribution in [2.24, 2.45) is 5.92 Å². The molecule has 9 nitrogen and oxygen atoms in total. The average molecular weight is 504 g/mol. The molecule has 2 aromatic carbocycles. The lowest BCUT2D eigenvalue weighted by Crippen LogP contribution is -2.50. The number of ketones is 1. The summed E-state index contributed by atoms with van der Waals surface area (Å²) in [5, 5.41) is 7.96. The molecule has 190 valence electrons. The second-order valence-corrected chi connectivity index (χ2v) is 9.44. The van der Waals surface area contributed by atoms with Gasteiger partial charge in [-0.3, -0.25) is 9.59 Å². The smallest absolute Gasteiger partial charge is 0.323 e. The van der Waals surface area contributed by atoms with Crippen LogP contribution in [0.3, 0.4) is 0 Å². The fourth-order valence-electron chi connectivity index (χ4n) is 5.05. The van der Waals surface area contributed by atoms with E-state index in [2.05, 4.69) is 16.0 Å². The fraction of sp³-hybridized carbons (Fsp3) is 0.259. The molecule has 5 rings (SSSR count). The molecular weight excluding hydrogens is 477 g/mol. The number of pyridine rings is 1. The highest BCUT2D eigenvalue weighted by Gasteiger charge is 2.36. The van der Waals surface area contributed by atoms with Crippen molar-refractivity contribution in [2.45, 2.75) is 25.8 Å². The normalized spacial score (nSPS) is 17.9. The third kappa shape index (κ3) is 5.23. The number of halogens is 1. The highest BCUT2D eigenvalue weighted by molar-refractivity contribution is 5.99. The number of hydrogen-bond donors (Lipinski definition) is 3. The number of amides is 4. The van der Waals surface area contributed by atoms with E-state index in [9.17, 15) is 23.6 Å². The van der Waals surface area contributed by atoms with Crippen molar-refractivity contribution in [2.75, 3.05) is 29.0 Å². The summed E-state index contributed by atoms with van der Waals surface area (Å²) in [6, 6.07) is 14.7. The van der Waals surface area contributed by atoms with Crippen LogP contribution in [-0.4, -0.2) is 40.4 Å². The molecule has 37 heavy (non-hydrogen) atoms. The number of carbonyl (C=O) groups excluding carboxylic acids is 3. The Labute approximate surface area is 212 Å². The standard InChI is InChI=1S/C27H26FN5O4/c1-16(34)18-5-7-21(8-6-18)30-27(37)32-13-17-11-19(15-32)24-10-9-23(25(35)33(24)14-17)31-26(36)29-22-4-2-3-20(28)12-22/h2-10,12,17,19H,11,13-15H2,1H3,(H,30,37)(H2,29,31,36)/t17-,19-/m1/s1. The van der Waals surface area contributed by atoms with Crippen LogP contribution in [0.5, 0.6) is 0 Å². The molecule has 1 aromatic heterocycles. The monoisotopic (exact) mass is 503 g/mol. The van der Waals surface area contributed by atoms with Gasteiger partial charge in [0.2, 0.25) is 0 Å². The maximum absolute atomic E-state index is 13.4. The number of rotatable bonds is 4. The number of nitrogens with one attached hydrogen (secondary N) is 3. The second kappa shape index (κ2) is 9.88. The van der Waals surface area contributed by atoms with Gasteiger partial charge in [-0.2, -0.15) is 0 Å². The number of piperidine rings is 1. The molecule has 2 atom stereocenters. The van der Waals surface area contributed by atoms with Crippen molar-refractivity contribution in [3.63, 3.8) is 0 Å². The Balaban J connectivity index is 1.26. The first kappa shape index (κ1) is 24.2. The van der Waals surface area contributed by atoms with Gasteiger partial charge >= 0.3 is 12.1 Å². The summed E-state index contributed by atoms with van der Waals surface area (Å²) in [5.74, 6) is -0.444. The number of carbonyl (C=O) groups is 3. The number of anilines is 3. The Morgan fingerprint density at radius 3 is 2.41 bits per heavy atom. The predicted octanol–water partition coefficient (Wildman–Crippen LogP) is 4.49. The van der Waals surface area contributed by atoms with Crippen LogP contribution in [0.1, 0.15) is 35.3 Å². The van der Waals surface area contributed by atoms with Gasteiger partial charge in [-0.15, -0.1) is 0 Å². The SMILES string of the molecule is CC(=O)c1ccc(NC(=O)N2C[C@H]3C[C@H](C2)c2ccc(NC(=O)Nc4cccc(F)c4)c(=O)n2C3)cc1. The highest BCUT2D eigenvalue weighted by atomic mass is 19.1. The summed E-state index contributed by atoms with van der Waals surface area (Å²) in [6.45, 7) is 2.88. The zero-order valence-electron chi connectivity index (χ0n) is 20.2. The van der Waals surface area contributed by atoms with Gasteiger partial charge in [-0.25, -0.2) is 14.0 Å². The van der Waals surface area contributed by atoms with Crippen molar-refractivity contribution < 1.29 is 18.8 Å². The third-order valence-electron chi connectivity index (χ3n) is 6.76. The van der Waals surface area contributed by atoms with E-state index in [-0.39, 0.29) is 40.6 Å². The molecule has 0 saturated carbocycles. The molecule has 0 radical (unpaired) electrons. The first-order chi connectivity index (χ1) is 17.8. The topological polar surface area (TPSA) is 113 Å². The van der Waals surface area contributed by atoms with E-state index < -0.39 is 11.8 Å². The van der Waals surface area contributed by atoms with E-state index in [0.717, 1.165) is 12.1 Å². The molecule has 2 aliphatic rings. The van der Waals surface area contributed by atoms with Crippen molar-refractivity contribution in [3.8, 4) is 0 Å². The minimum atomic E-state index is -0.640. The number of aromatic nitrogens is 1. The van der Waals surface area contributed by atoms with E-state index in [1.54, 1.807) is 45.9 Å². The van der Waals surface area contributed by atoms with Crippen LogP contribution in [0.25, 0.3) is 0 Å². The number of nitrogens with zero attached hydrogens (tertiary/aromatic N) is 2. The molecule has 4 amide bonds. The molecule has 0 spiro atoms. The number of Topliss-reactive ketones (excluding diaryl/α,β-unsaturated/α-hetero) is 1. The predicted molar refractivity (Wildman–Crippen MR) is 138 cm³/mol. The summed E-state index contributed by atoms with van der Waals surface area (Å²) < 4.78 is 15.0. The quantitative estimate of drug-likeness (QED) is 0.456. The van der Waals surface area contributed by atoms with Crippen molar-refractivity contribution >= 4 is 34.9 Å². The molecule has 10 heteroatoms. The summed E-state index contributed by atoms with van der Waals surface area (Å²) in [7, 11) is 0. The zero-order valence-corrected chi connectivity index (χ0v) is 20.2. The Morgan fingerprint density at radius 2 is 1.68 bits per heavy atom. The molecular formula is C27H26FN5O4. The maximum atomic E-state index is 13.4. The lowest BCUT2D eigenvalue weighted by Gasteiger charge is -2.42. The number of fused-ring (bicyclic) bond motifs is 4. The van der Waals surface area contributed by atoms with Crippen molar-refractivity contribution in [1.82, 2.24) is 9.47 Å². The van der Waals surface area contributed by atoms with Crippen LogP contribution < -0.4 is 21.5 Å². The lowest BCUT2D eigenvalue weighted by molar-refractivity contribution is 0.101. The summed E-state index contributed by atoms with van der Waals surface area (Å²) in [5.41, 5.74) is 2.09. The molecule has 0 aliphatic carbocycles. The van der Waals surface area contributed by atoms with Gasteiger partial charge in [-0.05, 0) is 73.9 Å². The van der Waals surface area contributed by atoms with E-state index in [1.165, 1.54) is 25.1 Å². The summed E-state index contributed by atoms with van der Waals surface area (Å²) >= 11 is 0. The van der Waals surface area contributed by atoms with E-state index in [4.69, 9.17) is 0 Å². The van der Waals surface area contributed by atoms with Crippen LogP contribution in [0.2, 0.25) is 0 Å². The van der Waals surface area contributed by atoms with Crippen LogP contribution in [0.15, 0.2) is 65.5 Å². The van der Waals surface area contributed by atoms with Gasteiger partial charge in [0.25, 0.3) is 5.56 Å². The maximum Gasteiger partial charge on any atom is 0.323 e. The number of benzene rings is 2. The van der Waals surface area contributed by atoms with Crippen LogP contribution in [0, 0.1) is 11.7 Å². The van der Waals surface area contributed by atoms with Gasteiger partial charge in [-0.1, -0.05) is 6.07 Å².